The van der Waals surface area contributed by atoms with Gasteiger partial charge >= 0.3 is 0 Å². The normalized spacial score (nSPS) is 45.6. The fourth-order valence-corrected chi connectivity index (χ4v) is 7.01. The molecule has 0 aromatic carbocycles. The van der Waals surface area contributed by atoms with Crippen LogP contribution in [0.2, 0.25) is 0 Å². The highest BCUT2D eigenvalue weighted by Gasteiger charge is 2.84. The summed E-state index contributed by atoms with van der Waals surface area (Å²) in [6, 6.07) is 0. The molecule has 28 heavy (non-hydrogen) atoms. The molecule has 0 aromatic rings. The van der Waals surface area contributed by atoms with E-state index in [4.69, 9.17) is 0 Å². The predicted octanol–water partition coefficient (Wildman–Crippen LogP) is 5.68. The molecule has 0 amide bonds. The first-order valence-corrected chi connectivity index (χ1v) is 11.5. The summed E-state index contributed by atoms with van der Waals surface area (Å²) in [4.78, 5) is 0. The Kier molecular flexibility index (Phi) is 3.84. The molecule has 144 valence electrons. The summed E-state index contributed by atoms with van der Waals surface area (Å²) in [5.74, 6) is 30.9. The van der Waals surface area contributed by atoms with Crippen molar-refractivity contribution in [2.45, 2.75) is 79.1 Å². The summed E-state index contributed by atoms with van der Waals surface area (Å²) in [5.41, 5.74) is -0.175. The predicted molar refractivity (Wildman–Crippen MR) is 114 cm³/mol. The van der Waals surface area contributed by atoms with Crippen molar-refractivity contribution in [3.05, 3.63) is 0 Å². The van der Waals surface area contributed by atoms with Gasteiger partial charge in [-0.25, -0.2) is 0 Å². The van der Waals surface area contributed by atoms with E-state index in [-0.39, 0.29) is 21.7 Å². The van der Waals surface area contributed by atoms with Gasteiger partial charge in [0.05, 0.1) is 10.8 Å². The van der Waals surface area contributed by atoms with Crippen molar-refractivity contribution in [1.29, 1.82) is 0 Å². The zero-order valence-electron chi connectivity index (χ0n) is 18.0. The smallest absolute Gasteiger partial charge is 0.0558 e. The fourth-order valence-electron chi connectivity index (χ4n) is 7.01. The van der Waals surface area contributed by atoms with Crippen molar-refractivity contribution >= 4 is 0 Å². The summed E-state index contributed by atoms with van der Waals surface area (Å²) < 4.78 is 0. The Labute approximate surface area is 172 Å². The van der Waals surface area contributed by atoms with Crippen LogP contribution in [0.1, 0.15) is 79.1 Å². The highest BCUT2D eigenvalue weighted by Crippen LogP contribution is 2.85. The second kappa shape index (κ2) is 5.88. The first-order chi connectivity index (χ1) is 13.4. The van der Waals surface area contributed by atoms with E-state index in [0.29, 0.717) is 0 Å². The van der Waals surface area contributed by atoms with Crippen molar-refractivity contribution in [2.75, 3.05) is 0 Å². The lowest BCUT2D eigenvalue weighted by molar-refractivity contribution is 0.260. The average Bonchev–Trinajstić information content (AvgIpc) is 3.54. The zero-order chi connectivity index (χ0) is 19.6. The van der Waals surface area contributed by atoms with Crippen molar-refractivity contribution in [3.63, 3.8) is 0 Å². The van der Waals surface area contributed by atoms with E-state index in [1.807, 2.05) is 0 Å². The topological polar surface area (TPSA) is 0 Å². The van der Waals surface area contributed by atoms with Crippen molar-refractivity contribution in [2.24, 2.45) is 45.3 Å². The summed E-state index contributed by atoms with van der Waals surface area (Å²) in [6.45, 7) is 8.72. The maximum Gasteiger partial charge on any atom is 0.0558 e. The van der Waals surface area contributed by atoms with E-state index in [1.54, 1.807) is 0 Å². The number of hydrogen-bond acceptors (Lipinski definition) is 0. The second-order valence-electron chi connectivity index (χ2n) is 11.0. The lowest BCUT2D eigenvalue weighted by Gasteiger charge is -2.32. The molecule has 2 spiro atoms. The molecule has 0 heteroatoms. The van der Waals surface area contributed by atoms with Gasteiger partial charge in [-0.2, -0.15) is 0 Å². The van der Waals surface area contributed by atoms with Crippen LogP contribution in [0.15, 0.2) is 0 Å². The van der Waals surface area contributed by atoms with Crippen LogP contribution < -0.4 is 0 Å². The Morgan fingerprint density at radius 1 is 0.464 bits per heavy atom. The van der Waals surface area contributed by atoms with Crippen molar-refractivity contribution in [3.8, 4) is 47.4 Å². The third-order valence-corrected chi connectivity index (χ3v) is 9.31. The van der Waals surface area contributed by atoms with Crippen LogP contribution in [0.25, 0.3) is 0 Å². The van der Waals surface area contributed by atoms with Crippen LogP contribution in [0, 0.1) is 92.7 Å². The molecule has 0 nitrogen and oxygen atoms in total. The Morgan fingerprint density at radius 2 is 0.750 bits per heavy atom. The molecule has 5 aliphatic rings. The SMILES string of the molecule is CC1(C)C#CC#CC2(C3CCCCC32)C2(C#CC#CC1(C)C)C1CCCCC12. The van der Waals surface area contributed by atoms with Gasteiger partial charge in [0.25, 0.3) is 0 Å². The molecule has 0 heterocycles. The van der Waals surface area contributed by atoms with Crippen LogP contribution in [0.5, 0.6) is 0 Å². The molecule has 0 saturated heterocycles. The van der Waals surface area contributed by atoms with Gasteiger partial charge in [0.1, 0.15) is 0 Å². The summed E-state index contributed by atoms with van der Waals surface area (Å²) in [6.07, 6.45) is 10.9. The van der Waals surface area contributed by atoms with Gasteiger partial charge in [-0.1, -0.05) is 49.4 Å². The Bertz CT molecular complexity index is 838. The molecule has 4 unspecified atom stereocenters. The molecule has 5 aliphatic carbocycles. The first kappa shape index (κ1) is 18.3. The molecular weight excluding hydrogens is 336 g/mol. The molecule has 4 atom stereocenters. The van der Waals surface area contributed by atoms with Gasteiger partial charge in [0.2, 0.25) is 0 Å². The number of fused-ring (bicyclic) bond motifs is 7. The minimum atomic E-state index is -0.204. The van der Waals surface area contributed by atoms with Crippen LogP contribution >= 0.6 is 0 Å². The minimum absolute atomic E-state index is 0.116. The van der Waals surface area contributed by atoms with Crippen LogP contribution in [-0.4, -0.2) is 0 Å². The summed E-state index contributed by atoms with van der Waals surface area (Å²) >= 11 is 0. The monoisotopic (exact) mass is 368 g/mol. The fraction of sp³-hybridized carbons (Fsp3) is 0.714. The van der Waals surface area contributed by atoms with Crippen molar-refractivity contribution in [1.82, 2.24) is 0 Å². The Balaban J connectivity index is 1.66. The van der Waals surface area contributed by atoms with Crippen molar-refractivity contribution < 1.29 is 0 Å². The van der Waals surface area contributed by atoms with E-state index in [2.05, 4.69) is 75.1 Å². The largest absolute Gasteiger partial charge is 0.0813 e. The van der Waals surface area contributed by atoms with Gasteiger partial charge in [0, 0.05) is 10.8 Å². The van der Waals surface area contributed by atoms with Gasteiger partial charge in [-0.3, -0.25) is 0 Å². The maximum absolute atomic E-state index is 3.83. The third kappa shape index (κ3) is 2.25. The highest BCUT2D eigenvalue weighted by atomic mass is 14.8. The third-order valence-electron chi connectivity index (χ3n) is 9.31. The number of rotatable bonds is 0. The van der Waals surface area contributed by atoms with E-state index >= 15 is 0 Å². The number of hydrogen-bond donors (Lipinski definition) is 0. The molecule has 4 fully saturated rings. The molecule has 0 N–H and O–H groups in total. The summed E-state index contributed by atoms with van der Waals surface area (Å²) in [5, 5.41) is 0. The maximum atomic E-state index is 3.83. The molecule has 5 rings (SSSR count). The summed E-state index contributed by atoms with van der Waals surface area (Å²) in [7, 11) is 0. The quantitative estimate of drug-likeness (QED) is 0.483. The Hall–Kier alpha value is -1.76. The van der Waals surface area contributed by atoms with Gasteiger partial charge in [0.15, 0.2) is 0 Å². The lowest BCUT2D eigenvalue weighted by atomic mass is 9.69. The molecular formula is C28H32. The average molecular weight is 369 g/mol. The second-order valence-corrected chi connectivity index (χ2v) is 11.0. The van der Waals surface area contributed by atoms with Gasteiger partial charge in [-0.05, 0) is 101 Å². The van der Waals surface area contributed by atoms with E-state index in [9.17, 15) is 0 Å². The molecule has 0 radical (unpaired) electrons. The molecule has 0 aromatic heterocycles. The zero-order valence-corrected chi connectivity index (χ0v) is 18.0. The van der Waals surface area contributed by atoms with Gasteiger partial charge in [-0.15, -0.1) is 0 Å². The Morgan fingerprint density at radius 3 is 1.07 bits per heavy atom. The lowest BCUT2D eigenvalue weighted by Crippen LogP contribution is -2.29. The standard InChI is InChI=1S/C28H32/c1-25(2)17-9-11-19-27(21-13-5-6-14-22(21)27)28(20-12-10-18-26(25,3)4)23-15-7-8-16-24(23)28/h21-24H,5-8,13-16H2,1-4H3. The molecule has 4 saturated carbocycles. The molecule has 0 aliphatic heterocycles. The van der Waals surface area contributed by atoms with E-state index in [0.717, 1.165) is 23.7 Å². The van der Waals surface area contributed by atoms with E-state index in [1.165, 1.54) is 51.4 Å². The van der Waals surface area contributed by atoms with E-state index < -0.39 is 0 Å². The van der Waals surface area contributed by atoms with Crippen LogP contribution in [0.3, 0.4) is 0 Å². The van der Waals surface area contributed by atoms with Crippen LogP contribution in [-0.2, 0) is 0 Å². The van der Waals surface area contributed by atoms with Gasteiger partial charge < -0.3 is 0 Å². The minimum Gasteiger partial charge on any atom is -0.0813 e. The highest BCUT2D eigenvalue weighted by molar-refractivity contribution is 5.51. The molecule has 0 bridgehead atoms. The first-order valence-electron chi connectivity index (χ1n) is 11.5. The van der Waals surface area contributed by atoms with Crippen LogP contribution in [0.4, 0.5) is 0 Å².